The van der Waals surface area contributed by atoms with Gasteiger partial charge in [0.15, 0.2) is 0 Å². The predicted molar refractivity (Wildman–Crippen MR) is 170 cm³/mol. The van der Waals surface area contributed by atoms with Crippen LogP contribution in [0.4, 0.5) is 0 Å². The van der Waals surface area contributed by atoms with Gasteiger partial charge in [0.2, 0.25) is 0 Å². The molecule has 2 heterocycles. The minimum Gasteiger partial charge on any atom is -0.309 e. The van der Waals surface area contributed by atoms with Gasteiger partial charge in [0.05, 0.1) is 22.1 Å². The van der Waals surface area contributed by atoms with Gasteiger partial charge in [0.25, 0.3) is 0 Å². The number of hydrogen-bond donors (Lipinski definition) is 0. The van der Waals surface area contributed by atoms with E-state index in [1.165, 1.54) is 77.2 Å². The largest absolute Gasteiger partial charge is 0.309 e. The van der Waals surface area contributed by atoms with Crippen molar-refractivity contribution in [3.63, 3.8) is 0 Å². The molecule has 0 N–H and O–H groups in total. The summed E-state index contributed by atoms with van der Waals surface area (Å²) in [6.45, 7) is 4.30. The molecular weight excluding hydrogens is 484 g/mol. The lowest BCUT2D eigenvalue weighted by Gasteiger charge is -2.11. The highest BCUT2D eigenvalue weighted by Crippen LogP contribution is 2.39. The fraction of sp³-hybridized carbons (Fsp3) is 0.0526. The van der Waals surface area contributed by atoms with E-state index in [0.29, 0.717) is 0 Å². The second-order valence-electron chi connectivity index (χ2n) is 10.8. The third kappa shape index (κ3) is 3.36. The molecule has 0 aliphatic heterocycles. The number of hydrogen-bond acceptors (Lipinski definition) is 0. The average molecular weight is 513 g/mol. The van der Waals surface area contributed by atoms with Crippen LogP contribution in [0, 0.1) is 13.8 Å². The molecule has 6 aromatic carbocycles. The van der Waals surface area contributed by atoms with E-state index in [1.807, 2.05) is 0 Å². The first-order chi connectivity index (χ1) is 19.7. The topological polar surface area (TPSA) is 9.86 Å². The Labute approximate surface area is 233 Å². The molecule has 190 valence electrons. The van der Waals surface area contributed by atoms with Crippen molar-refractivity contribution in [2.75, 3.05) is 0 Å². The second kappa shape index (κ2) is 8.72. The lowest BCUT2D eigenvalue weighted by molar-refractivity contribution is 1.17. The smallest absolute Gasteiger partial charge is 0.0547 e. The Balaban J connectivity index is 1.33. The third-order valence-electron chi connectivity index (χ3n) is 8.25. The summed E-state index contributed by atoms with van der Waals surface area (Å²) >= 11 is 0. The number of aromatic nitrogens is 2. The molecule has 0 radical (unpaired) electrons. The molecule has 0 amide bonds. The number of fused-ring (bicyclic) bond motifs is 6. The van der Waals surface area contributed by atoms with Gasteiger partial charge in [-0.3, -0.25) is 0 Å². The van der Waals surface area contributed by atoms with Gasteiger partial charge < -0.3 is 9.13 Å². The van der Waals surface area contributed by atoms with E-state index in [-0.39, 0.29) is 0 Å². The number of benzene rings is 6. The zero-order valence-corrected chi connectivity index (χ0v) is 22.6. The Kier molecular flexibility index (Phi) is 4.99. The molecule has 0 bridgehead atoms. The van der Waals surface area contributed by atoms with Crippen LogP contribution in [0.2, 0.25) is 0 Å². The van der Waals surface area contributed by atoms with Crippen LogP contribution in [0.1, 0.15) is 11.1 Å². The first kappa shape index (κ1) is 22.9. The Morgan fingerprint density at radius 2 is 0.950 bits per heavy atom. The van der Waals surface area contributed by atoms with Crippen molar-refractivity contribution in [3.8, 4) is 22.5 Å². The van der Waals surface area contributed by atoms with Crippen molar-refractivity contribution in [1.29, 1.82) is 0 Å². The van der Waals surface area contributed by atoms with Crippen molar-refractivity contribution in [2.45, 2.75) is 13.8 Å². The van der Waals surface area contributed by atoms with Gasteiger partial charge in [-0.25, -0.2) is 0 Å². The molecular formula is C38H28N2. The highest BCUT2D eigenvalue weighted by atomic mass is 15.0. The van der Waals surface area contributed by atoms with Gasteiger partial charge in [-0.2, -0.15) is 0 Å². The van der Waals surface area contributed by atoms with Crippen LogP contribution >= 0.6 is 0 Å². The molecule has 0 aliphatic rings. The molecule has 0 aliphatic carbocycles. The first-order valence-corrected chi connectivity index (χ1v) is 13.9. The maximum atomic E-state index is 2.39. The number of nitrogens with zero attached hydrogens (tertiary/aromatic N) is 2. The molecule has 0 spiro atoms. The number of aryl methyl sites for hydroxylation is 2. The summed E-state index contributed by atoms with van der Waals surface area (Å²) < 4.78 is 4.78. The third-order valence-corrected chi connectivity index (χ3v) is 8.25. The highest BCUT2D eigenvalue weighted by Gasteiger charge is 2.17. The molecule has 8 aromatic rings. The second-order valence-corrected chi connectivity index (χ2v) is 10.8. The van der Waals surface area contributed by atoms with Crippen LogP contribution < -0.4 is 0 Å². The minimum absolute atomic E-state index is 1.17. The van der Waals surface area contributed by atoms with Crippen molar-refractivity contribution < 1.29 is 0 Å². The summed E-state index contributed by atoms with van der Waals surface area (Å²) in [5, 5.41) is 5.15. The van der Waals surface area contributed by atoms with Crippen molar-refractivity contribution >= 4 is 43.6 Å². The summed E-state index contributed by atoms with van der Waals surface area (Å²) in [5.74, 6) is 0. The summed E-state index contributed by atoms with van der Waals surface area (Å²) in [5.41, 5.74) is 12.3. The monoisotopic (exact) mass is 512 g/mol. The van der Waals surface area contributed by atoms with Gasteiger partial charge in [-0.1, -0.05) is 90.0 Å². The minimum atomic E-state index is 1.17. The summed E-state index contributed by atoms with van der Waals surface area (Å²) in [6, 6.07) is 48.8. The quantitative estimate of drug-likeness (QED) is 0.223. The van der Waals surface area contributed by atoms with E-state index < -0.39 is 0 Å². The number of rotatable bonds is 3. The summed E-state index contributed by atoms with van der Waals surface area (Å²) in [6.07, 6.45) is 0. The van der Waals surface area contributed by atoms with E-state index in [9.17, 15) is 0 Å². The molecule has 0 fully saturated rings. The lowest BCUT2D eigenvalue weighted by Crippen LogP contribution is -1.94. The molecule has 0 atom stereocenters. The predicted octanol–water partition coefficient (Wildman–Crippen LogP) is 10.2. The van der Waals surface area contributed by atoms with Gasteiger partial charge in [-0.15, -0.1) is 0 Å². The summed E-state index contributed by atoms with van der Waals surface area (Å²) in [4.78, 5) is 0. The Morgan fingerprint density at radius 3 is 1.70 bits per heavy atom. The highest BCUT2D eigenvalue weighted by molar-refractivity contribution is 6.16. The van der Waals surface area contributed by atoms with Crippen molar-refractivity contribution in [3.05, 3.63) is 145 Å². The Bertz CT molecular complexity index is 2210. The maximum Gasteiger partial charge on any atom is 0.0547 e. The van der Waals surface area contributed by atoms with Gasteiger partial charge in [0.1, 0.15) is 0 Å². The fourth-order valence-corrected chi connectivity index (χ4v) is 6.39. The summed E-state index contributed by atoms with van der Waals surface area (Å²) in [7, 11) is 0. The van der Waals surface area contributed by atoms with Gasteiger partial charge in [0, 0.05) is 32.9 Å². The molecule has 8 rings (SSSR count). The van der Waals surface area contributed by atoms with Gasteiger partial charge in [-0.05, 0) is 79.6 Å². The molecule has 2 heteroatoms. The molecule has 2 aromatic heterocycles. The fourth-order valence-electron chi connectivity index (χ4n) is 6.39. The van der Waals surface area contributed by atoms with Crippen LogP contribution in [0.15, 0.2) is 133 Å². The molecule has 2 nitrogen and oxygen atoms in total. The molecule has 40 heavy (non-hydrogen) atoms. The van der Waals surface area contributed by atoms with Crippen LogP contribution in [-0.2, 0) is 0 Å². The zero-order chi connectivity index (χ0) is 26.8. The maximum absolute atomic E-state index is 2.39. The van der Waals surface area contributed by atoms with E-state index in [0.717, 1.165) is 0 Å². The van der Waals surface area contributed by atoms with Gasteiger partial charge >= 0.3 is 0 Å². The van der Waals surface area contributed by atoms with Crippen LogP contribution in [0.5, 0.6) is 0 Å². The first-order valence-electron chi connectivity index (χ1n) is 13.9. The Morgan fingerprint density at radius 1 is 0.400 bits per heavy atom. The van der Waals surface area contributed by atoms with Crippen molar-refractivity contribution in [2.24, 2.45) is 0 Å². The average Bonchev–Trinajstić information content (AvgIpc) is 3.51. The Hall–Kier alpha value is -5.08. The SMILES string of the molecule is Cc1ccc(-n2c3ccccc3c3c(-c4ccc(-n5c6ccccc6c6cc(C)ccc65)cc4)cccc32)cc1. The lowest BCUT2D eigenvalue weighted by atomic mass is 9.99. The van der Waals surface area contributed by atoms with Crippen molar-refractivity contribution in [1.82, 2.24) is 9.13 Å². The molecule has 0 saturated heterocycles. The van der Waals surface area contributed by atoms with E-state index in [2.05, 4.69) is 156 Å². The van der Waals surface area contributed by atoms with E-state index >= 15 is 0 Å². The number of para-hydroxylation sites is 2. The zero-order valence-electron chi connectivity index (χ0n) is 22.6. The molecule has 0 unspecified atom stereocenters. The normalized spacial score (nSPS) is 11.8. The van der Waals surface area contributed by atoms with E-state index in [1.54, 1.807) is 0 Å². The standard InChI is InChI=1S/C38H28N2/c1-25-14-19-28(20-15-25)40-35-12-6-4-9-32(35)38-30(10-7-13-37(38)40)27-17-21-29(22-18-27)39-34-11-5-3-8-31(34)33-24-26(2)16-23-36(33)39/h3-24H,1-2H3. The van der Waals surface area contributed by atoms with E-state index in [4.69, 9.17) is 0 Å². The molecule has 0 saturated carbocycles. The van der Waals surface area contributed by atoms with Crippen LogP contribution in [0.25, 0.3) is 66.1 Å². The van der Waals surface area contributed by atoms with Crippen LogP contribution in [-0.4, -0.2) is 9.13 Å². The van der Waals surface area contributed by atoms with Crippen LogP contribution in [0.3, 0.4) is 0 Å².